The van der Waals surface area contributed by atoms with Crippen LogP contribution in [0.25, 0.3) is 22.2 Å². The number of rotatable bonds is 5. The molecule has 8 nitrogen and oxygen atoms in total. The minimum absolute atomic E-state index is 0.161. The van der Waals surface area contributed by atoms with Crippen molar-refractivity contribution in [2.45, 2.75) is 24.4 Å². The van der Waals surface area contributed by atoms with Gasteiger partial charge in [0.2, 0.25) is 0 Å². The first-order valence-electron chi connectivity index (χ1n) is 9.03. The third-order valence-corrected chi connectivity index (χ3v) is 6.19. The molecule has 0 spiro atoms. The van der Waals surface area contributed by atoms with Crippen LogP contribution in [-0.4, -0.2) is 35.0 Å². The van der Waals surface area contributed by atoms with Crippen molar-refractivity contribution in [1.82, 2.24) is 14.5 Å². The van der Waals surface area contributed by atoms with Gasteiger partial charge in [0.25, 0.3) is 0 Å². The Bertz CT molecular complexity index is 1200. The minimum atomic E-state index is -5.78. The van der Waals surface area contributed by atoms with Crippen molar-refractivity contribution in [2.75, 3.05) is 12.3 Å². The van der Waals surface area contributed by atoms with Gasteiger partial charge in [-0.15, -0.1) is 0 Å². The van der Waals surface area contributed by atoms with Gasteiger partial charge in [-0.25, -0.2) is 9.97 Å². The van der Waals surface area contributed by atoms with Crippen molar-refractivity contribution < 1.29 is 25.8 Å². The number of hydrogen-bond acceptors (Lipinski definition) is 7. The number of nitrogens with zero attached hydrogens (tertiary/aromatic N) is 3. The molecule has 1 saturated carbocycles. The number of benzene rings is 1. The van der Waals surface area contributed by atoms with Crippen LogP contribution in [0.1, 0.15) is 18.9 Å². The van der Waals surface area contributed by atoms with Gasteiger partial charge in [-0.1, -0.05) is 12.1 Å². The number of nitrogens with two attached hydrogens (primary N) is 2. The van der Waals surface area contributed by atoms with E-state index in [1.165, 1.54) is 18.5 Å². The van der Waals surface area contributed by atoms with Gasteiger partial charge in [-0.3, -0.25) is 0 Å². The molecule has 1 fully saturated rings. The molecule has 2 aromatic heterocycles. The van der Waals surface area contributed by atoms with Crippen molar-refractivity contribution in [3.63, 3.8) is 0 Å². The number of alkyl halides is 3. The van der Waals surface area contributed by atoms with E-state index in [-0.39, 0.29) is 11.9 Å². The van der Waals surface area contributed by atoms with Gasteiger partial charge in [0.15, 0.2) is 0 Å². The SMILES string of the molecule is NCC1CC(n2cc(-c3cccc(OS(=O)(=O)C(F)(F)F)c3)c3c(N)ncnc32)C1. The Balaban J connectivity index is 1.77. The van der Waals surface area contributed by atoms with Gasteiger partial charge in [-0.05, 0) is 43.0 Å². The summed E-state index contributed by atoms with van der Waals surface area (Å²) in [5, 5.41) is 0.532. The zero-order valence-corrected chi connectivity index (χ0v) is 16.3. The predicted molar refractivity (Wildman–Crippen MR) is 104 cm³/mol. The summed E-state index contributed by atoms with van der Waals surface area (Å²) in [6, 6.07) is 5.51. The highest BCUT2D eigenvalue weighted by Crippen LogP contribution is 2.42. The molecule has 1 aliphatic rings. The first kappa shape index (κ1) is 20.4. The Morgan fingerprint density at radius 2 is 1.97 bits per heavy atom. The highest BCUT2D eigenvalue weighted by atomic mass is 32.2. The molecule has 12 heteroatoms. The van der Waals surface area contributed by atoms with E-state index < -0.39 is 21.4 Å². The number of aromatic nitrogens is 3. The van der Waals surface area contributed by atoms with Gasteiger partial charge in [-0.2, -0.15) is 21.6 Å². The molecule has 1 aromatic carbocycles. The van der Waals surface area contributed by atoms with Crippen LogP contribution in [0, 0.1) is 5.92 Å². The molecule has 0 amide bonds. The summed E-state index contributed by atoms with van der Waals surface area (Å²) in [6.45, 7) is 0.590. The number of fused-ring (bicyclic) bond motifs is 1. The number of halogens is 3. The largest absolute Gasteiger partial charge is 0.534 e. The predicted octanol–water partition coefficient (Wildman–Crippen LogP) is 2.82. The maximum atomic E-state index is 12.6. The van der Waals surface area contributed by atoms with Crippen LogP contribution in [-0.2, 0) is 10.1 Å². The molecule has 30 heavy (non-hydrogen) atoms. The lowest BCUT2D eigenvalue weighted by Gasteiger charge is -2.35. The van der Waals surface area contributed by atoms with Crippen molar-refractivity contribution in [1.29, 1.82) is 0 Å². The topological polar surface area (TPSA) is 126 Å². The van der Waals surface area contributed by atoms with Crippen LogP contribution in [0.3, 0.4) is 0 Å². The summed E-state index contributed by atoms with van der Waals surface area (Å²) in [4.78, 5) is 8.33. The van der Waals surface area contributed by atoms with Crippen molar-refractivity contribution in [2.24, 2.45) is 11.7 Å². The Kier molecular flexibility index (Phi) is 4.85. The Hall–Kier alpha value is -2.86. The maximum absolute atomic E-state index is 12.6. The van der Waals surface area contributed by atoms with Crippen LogP contribution >= 0.6 is 0 Å². The van der Waals surface area contributed by atoms with Gasteiger partial charge in [0, 0.05) is 17.8 Å². The normalized spacial score (nSPS) is 19.6. The summed E-state index contributed by atoms with van der Waals surface area (Å²) in [7, 11) is -5.78. The molecule has 1 aliphatic carbocycles. The number of nitrogen functional groups attached to an aromatic ring is 1. The first-order valence-corrected chi connectivity index (χ1v) is 10.4. The molecule has 0 atom stereocenters. The third-order valence-electron chi connectivity index (χ3n) is 5.21. The van der Waals surface area contributed by atoms with E-state index >= 15 is 0 Å². The summed E-state index contributed by atoms with van der Waals surface area (Å²) in [6.07, 6.45) is 4.88. The molecule has 2 heterocycles. The van der Waals surface area contributed by atoms with E-state index in [2.05, 4.69) is 14.2 Å². The summed E-state index contributed by atoms with van der Waals surface area (Å²) in [5.41, 5.74) is 7.81. The quantitative estimate of drug-likeness (QED) is 0.460. The fraction of sp³-hybridized carbons (Fsp3) is 0.333. The molecule has 0 unspecified atom stereocenters. The molecule has 4 rings (SSSR count). The Morgan fingerprint density at radius 1 is 1.23 bits per heavy atom. The second kappa shape index (κ2) is 7.13. The van der Waals surface area contributed by atoms with E-state index in [4.69, 9.17) is 11.5 Å². The Labute approximate surface area is 169 Å². The molecule has 160 valence electrons. The summed E-state index contributed by atoms with van der Waals surface area (Å²) < 4.78 is 66.8. The van der Waals surface area contributed by atoms with Crippen LogP contribution in [0.15, 0.2) is 36.8 Å². The molecule has 0 radical (unpaired) electrons. The number of hydrogen-bond donors (Lipinski definition) is 2. The van der Waals surface area contributed by atoms with Gasteiger partial charge in [0.1, 0.15) is 23.5 Å². The summed E-state index contributed by atoms with van der Waals surface area (Å²) >= 11 is 0. The highest BCUT2D eigenvalue weighted by molar-refractivity contribution is 7.88. The fourth-order valence-corrected chi connectivity index (χ4v) is 4.07. The van der Waals surface area contributed by atoms with E-state index in [0.29, 0.717) is 34.6 Å². The molecular weight excluding hydrogens is 423 g/mol. The highest BCUT2D eigenvalue weighted by Gasteiger charge is 2.48. The van der Waals surface area contributed by atoms with E-state index in [0.717, 1.165) is 18.9 Å². The lowest BCUT2D eigenvalue weighted by atomic mass is 9.80. The average Bonchev–Trinajstić information content (AvgIpc) is 3.01. The monoisotopic (exact) mass is 441 g/mol. The zero-order chi connectivity index (χ0) is 21.7. The second-order valence-corrected chi connectivity index (χ2v) is 8.68. The van der Waals surface area contributed by atoms with Crippen molar-refractivity contribution in [3.8, 4) is 16.9 Å². The van der Waals surface area contributed by atoms with Crippen molar-refractivity contribution >= 4 is 27.0 Å². The maximum Gasteiger partial charge on any atom is 0.534 e. The number of anilines is 1. The van der Waals surface area contributed by atoms with Crippen LogP contribution in [0.2, 0.25) is 0 Å². The lowest BCUT2D eigenvalue weighted by Crippen LogP contribution is -2.31. The molecular formula is C18H18F3N5O3S. The first-order chi connectivity index (χ1) is 14.1. The van der Waals surface area contributed by atoms with Gasteiger partial charge < -0.3 is 20.2 Å². The molecule has 0 aliphatic heterocycles. The van der Waals surface area contributed by atoms with E-state index in [9.17, 15) is 21.6 Å². The van der Waals surface area contributed by atoms with Gasteiger partial charge >= 0.3 is 15.6 Å². The smallest absolute Gasteiger partial charge is 0.383 e. The molecule has 0 bridgehead atoms. The molecule has 4 N–H and O–H groups in total. The van der Waals surface area contributed by atoms with Crippen LogP contribution in [0.4, 0.5) is 19.0 Å². The Morgan fingerprint density at radius 3 is 2.63 bits per heavy atom. The van der Waals surface area contributed by atoms with Gasteiger partial charge in [0.05, 0.1) is 5.39 Å². The third kappa shape index (κ3) is 3.45. The second-order valence-electron chi connectivity index (χ2n) is 7.15. The van der Waals surface area contributed by atoms with Crippen LogP contribution in [0.5, 0.6) is 5.75 Å². The van der Waals surface area contributed by atoms with E-state index in [1.54, 1.807) is 12.3 Å². The lowest BCUT2D eigenvalue weighted by molar-refractivity contribution is -0.0500. The average molecular weight is 441 g/mol. The van der Waals surface area contributed by atoms with E-state index in [1.807, 2.05) is 4.57 Å². The zero-order valence-electron chi connectivity index (χ0n) is 15.5. The fourth-order valence-electron chi connectivity index (χ4n) is 3.62. The molecule has 3 aromatic rings. The minimum Gasteiger partial charge on any atom is -0.383 e. The standard InChI is InChI=1S/C18H18F3N5O3S/c19-18(20,21)30(27,28)29-13-3-1-2-11(6-13)14-8-26(12-4-10(5-12)7-22)17-15(14)16(23)24-9-25-17/h1-3,6,8-10,12H,4-5,7,22H2,(H2,23,24,25). The van der Waals surface area contributed by atoms with Crippen LogP contribution < -0.4 is 15.7 Å². The summed E-state index contributed by atoms with van der Waals surface area (Å²) in [5.74, 6) is 0.157. The van der Waals surface area contributed by atoms with Crippen molar-refractivity contribution in [3.05, 3.63) is 36.8 Å². The molecule has 0 saturated heterocycles.